The smallest absolute Gasteiger partial charge is 0.0424 e. The van der Waals surface area contributed by atoms with Crippen molar-refractivity contribution in [1.82, 2.24) is 0 Å². The van der Waals surface area contributed by atoms with E-state index in [1.807, 2.05) is 0 Å². The van der Waals surface area contributed by atoms with Crippen molar-refractivity contribution in [2.75, 3.05) is 0 Å². The van der Waals surface area contributed by atoms with Gasteiger partial charge in [0.2, 0.25) is 0 Å². The molecule has 0 heteroatoms. The van der Waals surface area contributed by atoms with Gasteiger partial charge >= 0.3 is 0 Å². The molecule has 0 saturated heterocycles. The van der Waals surface area contributed by atoms with Crippen molar-refractivity contribution >= 4 is 0 Å². The van der Waals surface area contributed by atoms with Crippen LogP contribution in [0.3, 0.4) is 0 Å². The van der Waals surface area contributed by atoms with Crippen molar-refractivity contribution in [3.8, 4) is 12.3 Å². The van der Waals surface area contributed by atoms with Crippen LogP contribution in [0.5, 0.6) is 0 Å². The maximum Gasteiger partial charge on any atom is 0.0424 e. The number of hydrogen-bond acceptors (Lipinski definition) is 0. The highest BCUT2D eigenvalue weighted by atomic mass is 14.3. The van der Waals surface area contributed by atoms with Crippen LogP contribution in [0.2, 0.25) is 0 Å². The first kappa shape index (κ1) is 8.38. The fourth-order valence-corrected chi connectivity index (χ4v) is 1.76. The average Bonchev–Trinajstić information content (AvgIpc) is 3.00. The van der Waals surface area contributed by atoms with E-state index in [1.165, 1.54) is 24.0 Å². The molecule has 0 nitrogen and oxygen atoms in total. The second kappa shape index (κ2) is 3.26. The Bertz CT molecular complexity index is 339. The topological polar surface area (TPSA) is 0 Å². The van der Waals surface area contributed by atoms with Crippen LogP contribution in [0.1, 0.15) is 42.7 Å². The lowest BCUT2D eigenvalue weighted by atomic mass is 9.94. The van der Waals surface area contributed by atoms with E-state index in [9.17, 15) is 0 Å². The van der Waals surface area contributed by atoms with E-state index >= 15 is 0 Å². The minimum absolute atomic E-state index is 0.261. The monoisotopic (exact) mass is 170 g/mol. The Morgan fingerprint density at radius 3 is 2.69 bits per heavy atom. The molecule has 66 valence electrons. The second-order valence-corrected chi connectivity index (χ2v) is 3.79. The first-order valence-electron chi connectivity index (χ1n) is 4.88. The molecule has 1 aromatic rings. The third-order valence-electron chi connectivity index (χ3n) is 2.73. The van der Waals surface area contributed by atoms with Gasteiger partial charge in [0.05, 0.1) is 0 Å². The summed E-state index contributed by atoms with van der Waals surface area (Å²) in [4.78, 5) is 0. The van der Waals surface area contributed by atoms with Crippen molar-refractivity contribution in [3.63, 3.8) is 0 Å². The van der Waals surface area contributed by atoms with Gasteiger partial charge in [0, 0.05) is 5.92 Å². The summed E-state index contributed by atoms with van der Waals surface area (Å²) in [6.45, 7) is 2.10. The van der Waals surface area contributed by atoms with Crippen molar-refractivity contribution in [1.29, 1.82) is 0 Å². The van der Waals surface area contributed by atoms with Gasteiger partial charge < -0.3 is 0 Å². The lowest BCUT2D eigenvalue weighted by Crippen LogP contribution is -1.95. The number of rotatable bonds is 2. The summed E-state index contributed by atoms with van der Waals surface area (Å²) in [7, 11) is 0. The normalized spacial score (nSPS) is 17.8. The Balaban J connectivity index is 2.38. The lowest BCUT2D eigenvalue weighted by Gasteiger charge is -2.10. The third-order valence-corrected chi connectivity index (χ3v) is 2.73. The molecule has 0 N–H and O–H groups in total. The van der Waals surface area contributed by atoms with Crippen molar-refractivity contribution < 1.29 is 0 Å². The Kier molecular flexibility index (Phi) is 2.10. The summed E-state index contributed by atoms with van der Waals surface area (Å²) in [6, 6.07) is 8.58. The van der Waals surface area contributed by atoms with Crippen LogP contribution in [0.4, 0.5) is 0 Å². The molecule has 0 heterocycles. The van der Waals surface area contributed by atoms with Gasteiger partial charge in [-0.1, -0.05) is 30.2 Å². The average molecular weight is 170 g/mol. The molecular weight excluding hydrogens is 156 g/mol. The molecular formula is C13H14. The Morgan fingerprint density at radius 1 is 1.38 bits per heavy atom. The van der Waals surface area contributed by atoms with Gasteiger partial charge in [0.15, 0.2) is 0 Å². The minimum atomic E-state index is 0.261. The highest BCUT2D eigenvalue weighted by molar-refractivity contribution is 5.38. The summed E-state index contributed by atoms with van der Waals surface area (Å²) in [5.41, 5.74) is 2.83. The summed E-state index contributed by atoms with van der Waals surface area (Å²) >= 11 is 0. The quantitative estimate of drug-likeness (QED) is 0.597. The number of benzene rings is 1. The minimum Gasteiger partial charge on any atom is -0.119 e. The van der Waals surface area contributed by atoms with E-state index in [0.29, 0.717) is 0 Å². The van der Waals surface area contributed by atoms with Gasteiger partial charge in [-0.15, -0.1) is 6.42 Å². The summed E-state index contributed by atoms with van der Waals surface area (Å²) < 4.78 is 0. The fourth-order valence-electron chi connectivity index (χ4n) is 1.76. The molecule has 0 aliphatic heterocycles. The molecule has 1 atom stereocenters. The molecule has 1 aromatic carbocycles. The first-order chi connectivity index (χ1) is 6.33. The molecule has 1 unspecified atom stereocenters. The molecule has 0 radical (unpaired) electrons. The zero-order valence-electron chi connectivity index (χ0n) is 7.96. The summed E-state index contributed by atoms with van der Waals surface area (Å²) in [5, 5.41) is 0. The first-order valence-corrected chi connectivity index (χ1v) is 4.88. The molecule has 2 rings (SSSR count). The summed E-state index contributed by atoms with van der Waals surface area (Å²) in [6.07, 6.45) is 8.13. The molecule has 1 fully saturated rings. The SMILES string of the molecule is C#CC(C)c1ccccc1C1CC1. The molecule has 1 aliphatic rings. The van der Waals surface area contributed by atoms with E-state index in [2.05, 4.69) is 37.1 Å². The van der Waals surface area contributed by atoms with E-state index in [4.69, 9.17) is 6.42 Å². The van der Waals surface area contributed by atoms with Gasteiger partial charge in [-0.05, 0) is 36.8 Å². The van der Waals surface area contributed by atoms with Crippen LogP contribution < -0.4 is 0 Å². The maximum absolute atomic E-state index is 5.44. The van der Waals surface area contributed by atoms with E-state index in [0.717, 1.165) is 5.92 Å². The van der Waals surface area contributed by atoms with Crippen LogP contribution in [0.25, 0.3) is 0 Å². The van der Waals surface area contributed by atoms with Crippen LogP contribution in [-0.2, 0) is 0 Å². The molecule has 0 bridgehead atoms. The highest BCUT2D eigenvalue weighted by Crippen LogP contribution is 2.42. The lowest BCUT2D eigenvalue weighted by molar-refractivity contribution is 0.952. The number of hydrogen-bond donors (Lipinski definition) is 0. The fraction of sp³-hybridized carbons (Fsp3) is 0.385. The van der Waals surface area contributed by atoms with Gasteiger partial charge in [0.1, 0.15) is 0 Å². The van der Waals surface area contributed by atoms with Crippen molar-refractivity contribution in [3.05, 3.63) is 35.4 Å². The van der Waals surface area contributed by atoms with Gasteiger partial charge in [-0.3, -0.25) is 0 Å². The highest BCUT2D eigenvalue weighted by Gasteiger charge is 2.26. The standard InChI is InChI=1S/C13H14/c1-3-10(2)12-6-4-5-7-13(12)11-8-9-11/h1,4-7,10-11H,8-9H2,2H3. The predicted octanol–water partition coefficient (Wildman–Crippen LogP) is 3.30. The predicted molar refractivity (Wildman–Crippen MR) is 55.7 cm³/mol. The maximum atomic E-state index is 5.44. The molecule has 0 aromatic heterocycles. The van der Waals surface area contributed by atoms with Gasteiger partial charge in [-0.2, -0.15) is 0 Å². The summed E-state index contributed by atoms with van der Waals surface area (Å²) in [5.74, 6) is 3.86. The van der Waals surface area contributed by atoms with Gasteiger partial charge in [-0.25, -0.2) is 0 Å². The Labute approximate surface area is 80.0 Å². The molecule has 1 aliphatic carbocycles. The molecule has 0 spiro atoms. The molecule has 0 amide bonds. The third kappa shape index (κ3) is 1.60. The van der Waals surface area contributed by atoms with Crippen molar-refractivity contribution in [2.45, 2.75) is 31.6 Å². The zero-order chi connectivity index (χ0) is 9.26. The Morgan fingerprint density at radius 2 is 2.08 bits per heavy atom. The van der Waals surface area contributed by atoms with Crippen LogP contribution >= 0.6 is 0 Å². The number of terminal acetylenes is 1. The zero-order valence-corrected chi connectivity index (χ0v) is 7.96. The Hall–Kier alpha value is -1.22. The van der Waals surface area contributed by atoms with E-state index < -0.39 is 0 Å². The van der Waals surface area contributed by atoms with Crippen LogP contribution in [-0.4, -0.2) is 0 Å². The van der Waals surface area contributed by atoms with Crippen molar-refractivity contribution in [2.24, 2.45) is 0 Å². The second-order valence-electron chi connectivity index (χ2n) is 3.79. The molecule has 1 saturated carbocycles. The van der Waals surface area contributed by atoms with Crippen LogP contribution in [0, 0.1) is 12.3 Å². The largest absolute Gasteiger partial charge is 0.119 e. The van der Waals surface area contributed by atoms with E-state index in [1.54, 1.807) is 0 Å². The van der Waals surface area contributed by atoms with Crippen LogP contribution in [0.15, 0.2) is 24.3 Å². The molecule has 13 heavy (non-hydrogen) atoms. The van der Waals surface area contributed by atoms with Gasteiger partial charge in [0.25, 0.3) is 0 Å². The van der Waals surface area contributed by atoms with E-state index in [-0.39, 0.29) is 5.92 Å².